The molecule has 0 radical (unpaired) electrons. The van der Waals surface area contributed by atoms with Gasteiger partial charge >= 0.3 is 0 Å². The molecule has 0 spiro atoms. The van der Waals surface area contributed by atoms with E-state index in [2.05, 4.69) is 52.0 Å². The third-order valence-electron chi connectivity index (χ3n) is 3.39. The first-order chi connectivity index (χ1) is 8.43. The molecule has 2 aliphatic rings. The fourth-order valence-corrected chi connectivity index (χ4v) is 3.34. The Balaban J connectivity index is 1.88. The summed E-state index contributed by atoms with van der Waals surface area (Å²) in [5.41, 5.74) is 5.20. The van der Waals surface area contributed by atoms with Crippen LogP contribution in [-0.2, 0) is 6.42 Å². The lowest BCUT2D eigenvalue weighted by Crippen LogP contribution is -1.88. The van der Waals surface area contributed by atoms with Crippen LogP contribution < -0.4 is 0 Å². The Morgan fingerprint density at radius 1 is 1.12 bits per heavy atom. The van der Waals surface area contributed by atoms with Crippen LogP contribution >= 0.6 is 11.3 Å². The van der Waals surface area contributed by atoms with Crippen molar-refractivity contribution in [1.82, 2.24) is 0 Å². The number of thiophene rings is 1. The zero-order valence-corrected chi connectivity index (χ0v) is 9.95. The molecule has 4 rings (SSSR count). The van der Waals surface area contributed by atoms with Gasteiger partial charge in [0.25, 0.3) is 0 Å². The molecule has 2 aromatic rings. The summed E-state index contributed by atoms with van der Waals surface area (Å²) in [7, 11) is 0. The monoisotopic (exact) mass is 238 g/mol. The lowest BCUT2D eigenvalue weighted by atomic mass is 10.1. The van der Waals surface area contributed by atoms with E-state index in [1.165, 1.54) is 21.6 Å². The van der Waals surface area contributed by atoms with E-state index in [0.29, 0.717) is 0 Å². The molecule has 1 aliphatic heterocycles. The molecule has 0 fully saturated rings. The van der Waals surface area contributed by atoms with Gasteiger partial charge < -0.3 is 0 Å². The zero-order valence-electron chi connectivity index (χ0n) is 9.13. The lowest BCUT2D eigenvalue weighted by molar-refractivity contribution is 0.862. The quantitative estimate of drug-likeness (QED) is 0.710. The molecule has 0 saturated heterocycles. The van der Waals surface area contributed by atoms with E-state index in [1.54, 1.807) is 11.3 Å². The summed E-state index contributed by atoms with van der Waals surface area (Å²) in [5, 5.41) is 10.9. The molecule has 2 nitrogen and oxygen atoms in total. The minimum Gasteiger partial charge on any atom is -0.176 e. The first-order valence-corrected chi connectivity index (χ1v) is 6.57. The standard InChI is InChI=1S/C14H10N2S/c1-2-5-10-9(4-1)8-11-13(10)15-16-14(11)12-6-3-7-17-12/h1-7,13H,8H2. The Hall–Kier alpha value is -1.74. The second-order valence-electron chi connectivity index (χ2n) is 4.34. The Kier molecular flexibility index (Phi) is 1.85. The molecule has 1 aliphatic carbocycles. The van der Waals surface area contributed by atoms with Crippen molar-refractivity contribution >= 4 is 17.0 Å². The van der Waals surface area contributed by atoms with Gasteiger partial charge in [-0.3, -0.25) is 0 Å². The largest absolute Gasteiger partial charge is 0.176 e. The Bertz CT molecular complexity index is 638. The average Bonchev–Trinajstić information content (AvgIpc) is 3.04. The van der Waals surface area contributed by atoms with Gasteiger partial charge in [-0.25, -0.2) is 0 Å². The molecule has 2 heterocycles. The van der Waals surface area contributed by atoms with Gasteiger partial charge in [0.2, 0.25) is 0 Å². The summed E-state index contributed by atoms with van der Waals surface area (Å²) in [6, 6.07) is 12.9. The van der Waals surface area contributed by atoms with Gasteiger partial charge in [-0.15, -0.1) is 11.3 Å². The molecule has 0 N–H and O–H groups in total. The summed E-state index contributed by atoms with van der Waals surface area (Å²) < 4.78 is 0. The van der Waals surface area contributed by atoms with E-state index in [9.17, 15) is 0 Å². The third kappa shape index (κ3) is 1.26. The SMILES string of the molecule is c1csc(C2=C3Cc4ccccc4C3N=N2)c1. The van der Waals surface area contributed by atoms with Crippen LogP contribution in [0.15, 0.2) is 57.6 Å². The van der Waals surface area contributed by atoms with Gasteiger partial charge in [-0.1, -0.05) is 30.3 Å². The average molecular weight is 238 g/mol. The maximum absolute atomic E-state index is 4.43. The van der Waals surface area contributed by atoms with Crippen molar-refractivity contribution in [3.05, 3.63) is 63.4 Å². The summed E-state index contributed by atoms with van der Waals surface area (Å²) in [4.78, 5) is 1.24. The Morgan fingerprint density at radius 2 is 2.06 bits per heavy atom. The normalized spacial score (nSPS) is 20.8. The second-order valence-corrected chi connectivity index (χ2v) is 5.29. The molecule has 1 unspecified atom stereocenters. The van der Waals surface area contributed by atoms with E-state index in [-0.39, 0.29) is 6.04 Å². The number of rotatable bonds is 1. The molecule has 1 atom stereocenters. The van der Waals surface area contributed by atoms with E-state index in [4.69, 9.17) is 0 Å². The number of hydrogen-bond acceptors (Lipinski definition) is 3. The van der Waals surface area contributed by atoms with Crippen LogP contribution in [0.4, 0.5) is 0 Å². The molecular formula is C14H10N2S. The van der Waals surface area contributed by atoms with Gasteiger partial charge in [0.15, 0.2) is 0 Å². The number of hydrogen-bond donors (Lipinski definition) is 0. The molecule has 0 amide bonds. The summed E-state index contributed by atoms with van der Waals surface area (Å²) in [6.07, 6.45) is 1.00. The molecule has 0 bridgehead atoms. The molecule has 82 valence electrons. The van der Waals surface area contributed by atoms with Crippen LogP contribution in [0.2, 0.25) is 0 Å². The molecule has 1 aromatic carbocycles. The third-order valence-corrected chi connectivity index (χ3v) is 4.27. The Morgan fingerprint density at radius 3 is 2.94 bits per heavy atom. The first-order valence-electron chi connectivity index (χ1n) is 5.69. The van der Waals surface area contributed by atoms with Gasteiger partial charge in [0.05, 0.1) is 4.88 Å². The molecule has 3 heteroatoms. The minimum absolute atomic E-state index is 0.184. The number of fused-ring (bicyclic) bond motifs is 3. The fraction of sp³-hybridized carbons (Fsp3) is 0.143. The van der Waals surface area contributed by atoms with Gasteiger partial charge in [-0.05, 0) is 34.6 Å². The number of benzene rings is 1. The fourth-order valence-electron chi connectivity index (χ4n) is 2.60. The molecule has 0 saturated carbocycles. The topological polar surface area (TPSA) is 24.7 Å². The van der Waals surface area contributed by atoms with Crippen molar-refractivity contribution in [3.8, 4) is 0 Å². The van der Waals surface area contributed by atoms with Crippen LogP contribution in [0.5, 0.6) is 0 Å². The maximum atomic E-state index is 4.43. The summed E-state index contributed by atoms with van der Waals surface area (Å²) in [6.45, 7) is 0. The predicted molar refractivity (Wildman–Crippen MR) is 69.0 cm³/mol. The Labute approximate surface area is 103 Å². The van der Waals surface area contributed by atoms with E-state index < -0.39 is 0 Å². The van der Waals surface area contributed by atoms with E-state index in [0.717, 1.165) is 12.1 Å². The highest BCUT2D eigenvalue weighted by atomic mass is 32.1. The van der Waals surface area contributed by atoms with Crippen LogP contribution in [0, 0.1) is 0 Å². The van der Waals surface area contributed by atoms with Crippen LogP contribution in [0.25, 0.3) is 5.70 Å². The van der Waals surface area contributed by atoms with Crippen molar-refractivity contribution < 1.29 is 0 Å². The highest BCUT2D eigenvalue weighted by molar-refractivity contribution is 7.11. The van der Waals surface area contributed by atoms with Crippen LogP contribution in [0.1, 0.15) is 22.0 Å². The highest BCUT2D eigenvalue weighted by Crippen LogP contribution is 2.47. The van der Waals surface area contributed by atoms with Gasteiger partial charge in [-0.2, -0.15) is 10.2 Å². The van der Waals surface area contributed by atoms with E-state index >= 15 is 0 Å². The maximum Gasteiger partial charge on any atom is 0.120 e. The van der Waals surface area contributed by atoms with Crippen LogP contribution in [-0.4, -0.2) is 0 Å². The van der Waals surface area contributed by atoms with Crippen molar-refractivity contribution in [2.24, 2.45) is 10.2 Å². The smallest absolute Gasteiger partial charge is 0.120 e. The number of azo groups is 1. The minimum atomic E-state index is 0.184. The first kappa shape index (κ1) is 9.31. The molecule has 1 aromatic heterocycles. The summed E-state index contributed by atoms with van der Waals surface area (Å²) >= 11 is 1.74. The molecule has 17 heavy (non-hydrogen) atoms. The van der Waals surface area contributed by atoms with Gasteiger partial charge in [0.1, 0.15) is 11.7 Å². The van der Waals surface area contributed by atoms with Crippen molar-refractivity contribution in [2.45, 2.75) is 12.5 Å². The van der Waals surface area contributed by atoms with Crippen molar-refractivity contribution in [2.75, 3.05) is 0 Å². The zero-order chi connectivity index (χ0) is 11.2. The van der Waals surface area contributed by atoms with Gasteiger partial charge in [0, 0.05) is 0 Å². The van der Waals surface area contributed by atoms with Crippen molar-refractivity contribution in [1.29, 1.82) is 0 Å². The summed E-state index contributed by atoms with van der Waals surface area (Å²) in [5.74, 6) is 0. The van der Waals surface area contributed by atoms with Crippen molar-refractivity contribution in [3.63, 3.8) is 0 Å². The second kappa shape index (κ2) is 3.37. The van der Waals surface area contributed by atoms with Crippen LogP contribution in [0.3, 0.4) is 0 Å². The van der Waals surface area contributed by atoms with E-state index in [1.807, 2.05) is 0 Å². The predicted octanol–water partition coefficient (Wildman–Crippen LogP) is 4.22. The highest BCUT2D eigenvalue weighted by Gasteiger charge is 2.33. The lowest BCUT2D eigenvalue weighted by Gasteiger charge is -2.00. The number of nitrogens with zero attached hydrogens (tertiary/aromatic N) is 2. The molecular weight excluding hydrogens is 228 g/mol.